The van der Waals surface area contributed by atoms with Crippen molar-refractivity contribution >= 4 is 11.8 Å². The van der Waals surface area contributed by atoms with Gasteiger partial charge in [0.1, 0.15) is 29.9 Å². The lowest BCUT2D eigenvalue weighted by molar-refractivity contribution is -0.254. The van der Waals surface area contributed by atoms with Gasteiger partial charge in [-0.3, -0.25) is 0 Å². The Balaban J connectivity index is 1.38. The minimum atomic E-state index is -0.404. The van der Waals surface area contributed by atoms with Crippen molar-refractivity contribution in [2.45, 2.75) is 56.3 Å². The van der Waals surface area contributed by atoms with Gasteiger partial charge >= 0.3 is 0 Å². The van der Waals surface area contributed by atoms with Gasteiger partial charge in [0, 0.05) is 0 Å². The molecule has 214 valence electrons. The van der Waals surface area contributed by atoms with Gasteiger partial charge in [0.05, 0.1) is 33.0 Å². The van der Waals surface area contributed by atoms with Crippen LogP contribution < -0.4 is 0 Å². The Bertz CT molecular complexity index is 1260. The van der Waals surface area contributed by atoms with E-state index in [0.29, 0.717) is 33.0 Å². The number of hydrogen-bond acceptors (Lipinski definition) is 6. The van der Waals surface area contributed by atoms with Gasteiger partial charge in [-0.2, -0.15) is 0 Å². The summed E-state index contributed by atoms with van der Waals surface area (Å²) in [5.74, 6) is 0. The van der Waals surface area contributed by atoms with Crippen LogP contribution in [0.4, 0.5) is 0 Å². The van der Waals surface area contributed by atoms with Crippen molar-refractivity contribution < 1.29 is 23.7 Å². The number of benzene rings is 4. The third kappa shape index (κ3) is 8.76. The van der Waals surface area contributed by atoms with Crippen molar-refractivity contribution in [3.05, 3.63) is 144 Å². The maximum absolute atomic E-state index is 6.70. The van der Waals surface area contributed by atoms with E-state index in [2.05, 4.69) is 48.5 Å². The summed E-state index contributed by atoms with van der Waals surface area (Å²) < 4.78 is 32.8. The first-order valence-electron chi connectivity index (χ1n) is 14.1. The fourth-order valence-corrected chi connectivity index (χ4v) is 5.69. The van der Waals surface area contributed by atoms with Gasteiger partial charge < -0.3 is 23.7 Å². The molecule has 0 saturated carbocycles. The molecule has 0 N–H and O–H groups in total. The van der Waals surface area contributed by atoms with Crippen molar-refractivity contribution in [3.8, 4) is 0 Å². The van der Waals surface area contributed by atoms with Crippen LogP contribution in [0.5, 0.6) is 0 Å². The second-order valence-electron chi connectivity index (χ2n) is 10.1. The Morgan fingerprint density at radius 3 is 1.34 bits per heavy atom. The van der Waals surface area contributed by atoms with E-state index in [0.717, 1.165) is 22.3 Å². The molecule has 6 heteroatoms. The van der Waals surface area contributed by atoms with Gasteiger partial charge in [0.15, 0.2) is 0 Å². The Morgan fingerprint density at radius 1 is 0.512 bits per heavy atom. The van der Waals surface area contributed by atoms with Gasteiger partial charge in [-0.1, -0.05) is 121 Å². The molecule has 41 heavy (non-hydrogen) atoms. The van der Waals surface area contributed by atoms with E-state index in [1.54, 1.807) is 11.8 Å². The summed E-state index contributed by atoms with van der Waals surface area (Å²) in [6.07, 6.45) is 0.584. The van der Waals surface area contributed by atoms with E-state index in [9.17, 15) is 0 Å². The molecule has 1 saturated heterocycles. The molecule has 1 unspecified atom stereocenters. The van der Waals surface area contributed by atoms with Crippen LogP contribution in [0.15, 0.2) is 121 Å². The number of rotatable bonds is 14. The quantitative estimate of drug-likeness (QED) is 0.162. The van der Waals surface area contributed by atoms with E-state index in [1.165, 1.54) is 0 Å². The number of hydrogen-bond donors (Lipinski definition) is 0. The van der Waals surface area contributed by atoms with E-state index < -0.39 is 6.10 Å². The summed E-state index contributed by atoms with van der Waals surface area (Å²) in [5, 5.41) is 0. The molecule has 1 aliphatic heterocycles. The molecule has 0 bridgehead atoms. The maximum Gasteiger partial charge on any atom is 0.132 e. The molecule has 1 heterocycles. The first-order valence-corrected chi connectivity index (χ1v) is 15.4. The van der Waals surface area contributed by atoms with Crippen LogP contribution in [0.1, 0.15) is 22.3 Å². The average molecular weight is 571 g/mol. The van der Waals surface area contributed by atoms with Crippen LogP contribution >= 0.6 is 11.8 Å². The minimum absolute atomic E-state index is 0.249. The largest absolute Gasteiger partial charge is 0.374 e. The highest BCUT2D eigenvalue weighted by molar-refractivity contribution is 7.99. The van der Waals surface area contributed by atoms with Gasteiger partial charge in [-0.15, -0.1) is 11.8 Å². The topological polar surface area (TPSA) is 46.2 Å². The maximum atomic E-state index is 6.70. The minimum Gasteiger partial charge on any atom is -0.374 e. The van der Waals surface area contributed by atoms with Gasteiger partial charge in [-0.05, 0) is 28.5 Å². The lowest BCUT2D eigenvalue weighted by Crippen LogP contribution is -2.60. The SMILES string of the molecule is CSC1O[C@H](COCc2ccccc2)[C@H](OCc2ccccc2)[C@H](OCc2ccccc2)[C@H]1OCc1ccccc1. The summed E-state index contributed by atoms with van der Waals surface area (Å²) in [5.41, 5.74) is 4.16. The fraction of sp³-hybridized carbons (Fsp3) is 0.314. The summed E-state index contributed by atoms with van der Waals surface area (Å²) in [6.45, 7) is 2.21. The standard InChI is InChI=1S/C35H38O5S/c1-41-35-34(39-25-30-20-12-5-13-21-30)33(38-24-29-18-10-4-11-19-29)32(37-23-28-16-8-3-9-17-28)31(40-35)26-36-22-27-14-6-2-7-15-27/h2-21,31-35H,22-26H2,1H3/t31-,32+,33+,34-,35?/m1/s1. The normalized spacial score (nSPS) is 22.4. The summed E-state index contributed by atoms with van der Waals surface area (Å²) in [4.78, 5) is 0. The van der Waals surface area contributed by atoms with Gasteiger partial charge in [-0.25, -0.2) is 0 Å². The van der Waals surface area contributed by atoms with Crippen molar-refractivity contribution in [2.75, 3.05) is 12.9 Å². The first-order chi connectivity index (χ1) is 20.3. The fourth-order valence-electron chi connectivity index (χ4n) is 4.94. The third-order valence-corrected chi connectivity index (χ3v) is 7.92. The number of ether oxygens (including phenoxy) is 5. The second-order valence-corrected chi connectivity index (χ2v) is 11.0. The van der Waals surface area contributed by atoms with E-state index in [-0.39, 0.29) is 23.7 Å². The molecule has 0 amide bonds. The van der Waals surface area contributed by atoms with Crippen molar-refractivity contribution in [1.29, 1.82) is 0 Å². The lowest BCUT2D eigenvalue weighted by atomic mass is 9.98. The zero-order valence-electron chi connectivity index (χ0n) is 23.4. The highest BCUT2D eigenvalue weighted by Gasteiger charge is 2.48. The number of thioether (sulfide) groups is 1. The Kier molecular flexibility index (Phi) is 11.4. The average Bonchev–Trinajstić information content (AvgIpc) is 3.04. The van der Waals surface area contributed by atoms with Crippen molar-refractivity contribution in [1.82, 2.24) is 0 Å². The summed E-state index contributed by atoms with van der Waals surface area (Å²) in [7, 11) is 0. The van der Waals surface area contributed by atoms with Gasteiger partial charge in [0.2, 0.25) is 0 Å². The second kappa shape index (κ2) is 15.9. The molecule has 1 aliphatic rings. The highest BCUT2D eigenvalue weighted by atomic mass is 32.2. The Hall–Kier alpha value is -2.97. The molecule has 0 spiro atoms. The van der Waals surface area contributed by atoms with Crippen molar-refractivity contribution in [2.24, 2.45) is 0 Å². The molecule has 5 atom stereocenters. The zero-order valence-corrected chi connectivity index (χ0v) is 24.2. The molecular formula is C35H38O5S. The van der Waals surface area contributed by atoms with E-state index in [1.807, 2.05) is 79.1 Å². The predicted octanol–water partition coefficient (Wildman–Crippen LogP) is 7.05. The molecule has 4 aromatic carbocycles. The van der Waals surface area contributed by atoms with Crippen molar-refractivity contribution in [3.63, 3.8) is 0 Å². The van der Waals surface area contributed by atoms with Crippen LogP contribution in [0.2, 0.25) is 0 Å². The monoisotopic (exact) mass is 570 g/mol. The van der Waals surface area contributed by atoms with Crippen LogP contribution in [-0.4, -0.2) is 42.7 Å². The van der Waals surface area contributed by atoms with E-state index >= 15 is 0 Å². The smallest absolute Gasteiger partial charge is 0.132 e. The van der Waals surface area contributed by atoms with Crippen LogP contribution in [0.25, 0.3) is 0 Å². The molecule has 1 fully saturated rings. The third-order valence-electron chi connectivity index (χ3n) is 7.07. The molecule has 0 aliphatic carbocycles. The summed E-state index contributed by atoms with van der Waals surface area (Å²) >= 11 is 1.63. The highest BCUT2D eigenvalue weighted by Crippen LogP contribution is 2.34. The van der Waals surface area contributed by atoms with Crippen LogP contribution in [0, 0.1) is 0 Å². The van der Waals surface area contributed by atoms with Crippen LogP contribution in [-0.2, 0) is 50.1 Å². The zero-order chi connectivity index (χ0) is 28.1. The summed E-state index contributed by atoms with van der Waals surface area (Å²) in [6, 6.07) is 40.8. The molecule has 0 radical (unpaired) electrons. The molecule has 0 aromatic heterocycles. The molecule has 4 aromatic rings. The Morgan fingerprint density at radius 2 is 0.902 bits per heavy atom. The van der Waals surface area contributed by atoms with Gasteiger partial charge in [0.25, 0.3) is 0 Å². The molecule has 5 nitrogen and oxygen atoms in total. The van der Waals surface area contributed by atoms with Crippen LogP contribution in [0.3, 0.4) is 0 Å². The molecular weight excluding hydrogens is 532 g/mol. The first kappa shape index (κ1) is 29.5. The Labute approximate surface area is 247 Å². The molecule has 5 rings (SSSR count). The lowest BCUT2D eigenvalue weighted by Gasteiger charge is -2.45. The predicted molar refractivity (Wildman–Crippen MR) is 163 cm³/mol. The van der Waals surface area contributed by atoms with E-state index in [4.69, 9.17) is 23.7 Å².